The number of hydrogen-bond donors (Lipinski definition) is 1. The van der Waals surface area contributed by atoms with Crippen molar-refractivity contribution in [3.63, 3.8) is 0 Å². The van der Waals surface area contributed by atoms with Gasteiger partial charge >= 0.3 is 0 Å². The molecule has 4 amide bonds. The molecule has 2 heterocycles. The molecule has 1 N–H and O–H groups in total. The summed E-state index contributed by atoms with van der Waals surface area (Å²) >= 11 is 21.0. The van der Waals surface area contributed by atoms with Gasteiger partial charge in [-0.1, -0.05) is 68.3 Å². The van der Waals surface area contributed by atoms with E-state index in [4.69, 9.17) is 23.2 Å². The quantitative estimate of drug-likeness (QED) is 0.190. The molecule has 2 aliphatic carbocycles. The van der Waals surface area contributed by atoms with Crippen LogP contribution in [0.4, 0.5) is 5.69 Å². The first-order valence-electron chi connectivity index (χ1n) is 12.6. The van der Waals surface area contributed by atoms with Gasteiger partial charge in [0.1, 0.15) is 5.75 Å². The van der Waals surface area contributed by atoms with Crippen molar-refractivity contribution in [2.45, 2.75) is 28.5 Å². The van der Waals surface area contributed by atoms with E-state index in [1.54, 1.807) is 42.5 Å². The number of allylic oxidation sites excluding steroid dienone is 2. The van der Waals surface area contributed by atoms with Gasteiger partial charge in [0.15, 0.2) is 9.75 Å². The Morgan fingerprint density at radius 2 is 1.73 bits per heavy atom. The van der Waals surface area contributed by atoms with Gasteiger partial charge in [-0.25, -0.2) is 0 Å². The third-order valence-corrected chi connectivity index (χ3v) is 11.1. The highest BCUT2D eigenvalue weighted by Crippen LogP contribution is 2.66. The average Bonchev–Trinajstić information content (AvgIpc) is 3.28. The van der Waals surface area contributed by atoms with Crippen LogP contribution in [0.15, 0.2) is 65.2 Å². The van der Waals surface area contributed by atoms with E-state index in [1.165, 1.54) is 11.0 Å². The molecule has 4 aliphatic rings. The first kappa shape index (κ1) is 27.7. The van der Waals surface area contributed by atoms with Gasteiger partial charge in [0.25, 0.3) is 11.8 Å². The Morgan fingerprint density at radius 1 is 1.02 bits per heavy atom. The summed E-state index contributed by atoms with van der Waals surface area (Å²) in [6.07, 6.45) is 3.62. The highest BCUT2D eigenvalue weighted by atomic mass is 79.9. The number of nitrogens with zero attached hydrogens (tertiary/aromatic N) is 2. The van der Waals surface area contributed by atoms with E-state index in [9.17, 15) is 24.3 Å². The van der Waals surface area contributed by atoms with Crippen molar-refractivity contribution in [2.75, 3.05) is 10.4 Å². The Labute approximate surface area is 257 Å². The van der Waals surface area contributed by atoms with Gasteiger partial charge in [-0.15, -0.1) is 23.2 Å². The Bertz CT molecular complexity index is 1550. The molecule has 2 aliphatic heterocycles. The zero-order valence-corrected chi connectivity index (χ0v) is 25.5. The van der Waals surface area contributed by atoms with Crippen LogP contribution in [0.25, 0.3) is 6.08 Å². The fraction of sp³-hybridized carbons (Fsp3) is 0.310. The summed E-state index contributed by atoms with van der Waals surface area (Å²) in [7, 11) is 0. The maximum Gasteiger partial charge on any atom is 0.254 e. The van der Waals surface area contributed by atoms with Gasteiger partial charge in [-0.05, 0) is 54.7 Å². The number of phenols is 1. The maximum atomic E-state index is 14.0. The van der Waals surface area contributed by atoms with E-state index in [0.29, 0.717) is 21.3 Å². The van der Waals surface area contributed by atoms with E-state index < -0.39 is 51.1 Å². The second kappa shape index (κ2) is 9.54. The molecular formula is C29H22Br2Cl2N2O5. The third kappa shape index (κ3) is 3.53. The van der Waals surface area contributed by atoms with Crippen LogP contribution in [0.5, 0.6) is 5.75 Å². The highest BCUT2D eigenvalue weighted by Gasteiger charge is 2.76. The maximum absolute atomic E-state index is 14.0. The summed E-state index contributed by atoms with van der Waals surface area (Å²) in [5.41, 5.74) is 2.08. The monoisotopic (exact) mass is 706 g/mol. The van der Waals surface area contributed by atoms with Crippen LogP contribution < -0.4 is 4.90 Å². The largest absolute Gasteiger partial charge is 0.508 e. The molecule has 6 atom stereocenters. The van der Waals surface area contributed by atoms with E-state index in [-0.39, 0.29) is 30.0 Å². The Hall–Kier alpha value is -2.46. The van der Waals surface area contributed by atoms with Crippen molar-refractivity contribution in [3.8, 4) is 5.75 Å². The first-order chi connectivity index (χ1) is 19.0. The zero-order valence-electron chi connectivity index (χ0n) is 20.8. The molecule has 206 valence electrons. The van der Waals surface area contributed by atoms with E-state index in [2.05, 4.69) is 38.4 Å². The second-order valence-corrected chi connectivity index (χ2v) is 13.2. The van der Waals surface area contributed by atoms with Crippen molar-refractivity contribution in [2.24, 2.45) is 17.8 Å². The van der Waals surface area contributed by atoms with Gasteiger partial charge in [0.2, 0.25) is 11.8 Å². The van der Waals surface area contributed by atoms with Crippen LogP contribution in [0.2, 0.25) is 0 Å². The number of likely N-dealkylation sites (tertiary alicyclic amines) is 1. The Morgan fingerprint density at radius 3 is 2.38 bits per heavy atom. The van der Waals surface area contributed by atoms with Crippen LogP contribution in [0, 0.1) is 17.8 Å². The number of aromatic hydroxyl groups is 1. The van der Waals surface area contributed by atoms with Gasteiger partial charge in [-0.2, -0.15) is 0 Å². The molecule has 6 unspecified atom stereocenters. The van der Waals surface area contributed by atoms with Gasteiger partial charge in [0.05, 0.1) is 23.0 Å². The number of imide groups is 2. The molecule has 1 saturated carbocycles. The molecular weight excluding hydrogens is 687 g/mol. The average molecular weight is 709 g/mol. The lowest BCUT2D eigenvalue weighted by atomic mass is 9.56. The van der Waals surface area contributed by atoms with Gasteiger partial charge in [0, 0.05) is 16.0 Å². The van der Waals surface area contributed by atoms with Crippen LogP contribution in [-0.2, 0) is 19.2 Å². The van der Waals surface area contributed by atoms with Gasteiger partial charge in [-0.3, -0.25) is 29.0 Å². The first-order valence-corrected chi connectivity index (χ1v) is 15.3. The lowest BCUT2D eigenvalue weighted by Gasteiger charge is -2.50. The number of rotatable bonds is 4. The number of benzene rings is 2. The zero-order chi connectivity index (χ0) is 28.7. The van der Waals surface area contributed by atoms with Crippen molar-refractivity contribution in [1.29, 1.82) is 0 Å². The molecule has 0 radical (unpaired) electrons. The van der Waals surface area contributed by atoms with Crippen LogP contribution >= 0.6 is 55.1 Å². The topological polar surface area (TPSA) is 95.0 Å². The number of halogens is 4. The summed E-state index contributed by atoms with van der Waals surface area (Å²) < 4.78 is 0.618. The molecule has 7 nitrogen and oxygen atoms in total. The normalized spacial score (nSPS) is 33.0. The number of hydrogen-bond acceptors (Lipinski definition) is 5. The minimum absolute atomic E-state index is 0.118. The fourth-order valence-corrected chi connectivity index (χ4v) is 8.67. The van der Waals surface area contributed by atoms with Gasteiger partial charge < -0.3 is 5.11 Å². The number of fused-ring (bicyclic) bond motifs is 4. The molecule has 2 saturated heterocycles. The fourth-order valence-electron chi connectivity index (χ4n) is 6.87. The summed E-state index contributed by atoms with van der Waals surface area (Å²) in [5, 5.41) is 11.0. The highest BCUT2D eigenvalue weighted by molar-refractivity contribution is 9.10. The molecule has 0 aromatic heterocycles. The van der Waals surface area contributed by atoms with E-state index in [1.807, 2.05) is 6.08 Å². The molecule has 2 aromatic carbocycles. The molecule has 0 bridgehead atoms. The van der Waals surface area contributed by atoms with Crippen molar-refractivity contribution in [3.05, 3.63) is 76.3 Å². The minimum Gasteiger partial charge on any atom is -0.508 e. The summed E-state index contributed by atoms with van der Waals surface area (Å²) in [6, 6.07) is 11.7. The smallest absolute Gasteiger partial charge is 0.254 e. The molecule has 11 heteroatoms. The number of alkyl halides is 3. The lowest BCUT2D eigenvalue weighted by Crippen LogP contribution is -2.60. The summed E-state index contributed by atoms with van der Waals surface area (Å²) in [5.74, 6) is -5.42. The predicted octanol–water partition coefficient (Wildman–Crippen LogP) is 5.71. The van der Waals surface area contributed by atoms with Crippen molar-refractivity contribution < 1.29 is 24.3 Å². The molecule has 2 aromatic rings. The van der Waals surface area contributed by atoms with E-state index in [0.717, 1.165) is 10.5 Å². The number of carbonyl (C=O) groups excluding carboxylic acids is 4. The number of amides is 4. The lowest BCUT2D eigenvalue weighted by molar-refractivity contribution is -0.138. The predicted molar refractivity (Wildman–Crippen MR) is 158 cm³/mol. The Kier molecular flexibility index (Phi) is 6.61. The third-order valence-electron chi connectivity index (χ3n) is 8.70. The SMILES string of the molecule is C=Cc1ccc(N2C(=O)C3CC=C4C(CC5(Cl)C(=O)N(CBr)C(=O)C5(Cl)C4c4cc(Br)ccc4O)C3C2=O)cc1. The second-order valence-electron chi connectivity index (χ2n) is 10.5. The molecule has 3 fully saturated rings. The summed E-state index contributed by atoms with van der Waals surface area (Å²) in [6.45, 7) is 3.74. The van der Waals surface area contributed by atoms with Crippen molar-refractivity contribution in [1.82, 2.24) is 4.90 Å². The standard InChI is InChI=1S/C29H22Br2Cl2N2O5/c1-2-14-3-6-16(7-4-14)35-24(37)18-9-8-17-20(22(18)25(35)38)12-28(32)26(39)34(13-30)27(40)29(28,33)23(17)19-11-15(31)5-10-21(19)36/h2-8,10-11,18,20,22-23,36H,1,9,12-13H2. The number of carbonyl (C=O) groups is 4. The molecule has 6 rings (SSSR count). The van der Waals surface area contributed by atoms with Crippen LogP contribution in [-0.4, -0.2) is 48.8 Å². The van der Waals surface area contributed by atoms with Crippen molar-refractivity contribution >= 4 is 90.5 Å². The van der Waals surface area contributed by atoms with Crippen LogP contribution in [0.3, 0.4) is 0 Å². The summed E-state index contributed by atoms with van der Waals surface area (Å²) in [4.78, 5) is 53.4. The molecule has 40 heavy (non-hydrogen) atoms. The number of anilines is 1. The minimum atomic E-state index is -1.97. The van der Waals surface area contributed by atoms with E-state index >= 15 is 0 Å². The van der Waals surface area contributed by atoms with Crippen LogP contribution in [0.1, 0.15) is 29.9 Å². The number of phenolic OH excluding ortho intramolecular Hbond substituents is 1. The Balaban J connectivity index is 1.52. The molecule has 0 spiro atoms.